The minimum Gasteiger partial charge on any atom is -0.468 e. The van der Waals surface area contributed by atoms with Crippen molar-refractivity contribution in [3.05, 3.63) is 80.8 Å². The minimum atomic E-state index is -0.739. The predicted molar refractivity (Wildman–Crippen MR) is 150 cm³/mol. The first-order valence-corrected chi connectivity index (χ1v) is 13.0. The van der Waals surface area contributed by atoms with Crippen molar-refractivity contribution in [1.82, 2.24) is 39.3 Å². The lowest BCUT2D eigenvalue weighted by atomic mass is 9.98. The Bertz CT molecular complexity index is 1820. The Morgan fingerprint density at radius 1 is 0.976 bits per heavy atom. The van der Waals surface area contributed by atoms with Crippen molar-refractivity contribution in [2.24, 2.45) is 0 Å². The zero-order valence-corrected chi connectivity index (χ0v) is 23.4. The Morgan fingerprint density at radius 3 is 2.29 bits per heavy atom. The van der Waals surface area contributed by atoms with Gasteiger partial charge in [-0.25, -0.2) is 24.0 Å². The zero-order chi connectivity index (χ0) is 29.3. The van der Waals surface area contributed by atoms with Crippen LogP contribution in [0.15, 0.2) is 58.1 Å². The molecule has 41 heavy (non-hydrogen) atoms. The van der Waals surface area contributed by atoms with Gasteiger partial charge < -0.3 is 14.0 Å². The van der Waals surface area contributed by atoms with Crippen molar-refractivity contribution in [1.29, 1.82) is 0 Å². The third-order valence-electron chi connectivity index (χ3n) is 6.96. The van der Waals surface area contributed by atoms with Crippen LogP contribution in [0.25, 0.3) is 33.7 Å². The van der Waals surface area contributed by atoms with Crippen molar-refractivity contribution >= 4 is 17.1 Å². The monoisotopic (exact) mass is 558 g/mol. The van der Waals surface area contributed by atoms with Crippen LogP contribution in [0.4, 0.5) is 0 Å². The number of hydrogen-bond acceptors (Lipinski definition) is 9. The predicted octanol–water partition coefficient (Wildman–Crippen LogP) is 2.72. The number of fused-ring (bicyclic) bond motifs is 1. The number of esters is 1. The first-order chi connectivity index (χ1) is 19.7. The maximum absolute atomic E-state index is 13.7. The second-order valence-corrected chi connectivity index (χ2v) is 9.83. The number of H-pyrrole nitrogens is 1. The fourth-order valence-corrected chi connectivity index (χ4v) is 4.83. The van der Waals surface area contributed by atoms with Gasteiger partial charge in [-0.2, -0.15) is 0 Å². The Kier molecular flexibility index (Phi) is 7.62. The van der Waals surface area contributed by atoms with Crippen molar-refractivity contribution < 1.29 is 14.3 Å². The topological polar surface area (TPSA) is 152 Å². The molecule has 3 heterocycles. The fraction of sp³-hybridized carbons (Fsp3) is 0.321. The molecule has 0 bridgehead atoms. The van der Waals surface area contributed by atoms with Crippen LogP contribution >= 0.6 is 0 Å². The van der Waals surface area contributed by atoms with Gasteiger partial charge in [-0.1, -0.05) is 62.4 Å². The number of aromatic amines is 1. The molecule has 0 aliphatic heterocycles. The van der Waals surface area contributed by atoms with Crippen LogP contribution in [-0.2, 0) is 27.4 Å². The van der Waals surface area contributed by atoms with Gasteiger partial charge in [-0.15, -0.1) is 5.10 Å². The lowest BCUT2D eigenvalue weighted by molar-refractivity contribution is -0.141. The molecule has 5 rings (SSSR count). The van der Waals surface area contributed by atoms with E-state index < -0.39 is 30.0 Å². The Labute approximate surface area is 234 Å². The number of imidazole rings is 1. The van der Waals surface area contributed by atoms with E-state index in [-0.39, 0.29) is 17.1 Å². The van der Waals surface area contributed by atoms with Gasteiger partial charge in [-0.3, -0.25) is 9.59 Å². The number of hydrogen-bond donors (Lipinski definition) is 1. The molecular weight excluding hydrogens is 528 g/mol. The number of benzene rings is 2. The lowest BCUT2D eigenvalue weighted by Crippen LogP contribution is -2.43. The molecule has 0 spiro atoms. The van der Waals surface area contributed by atoms with E-state index in [2.05, 4.69) is 20.6 Å². The second kappa shape index (κ2) is 11.3. The summed E-state index contributed by atoms with van der Waals surface area (Å²) in [5.74, 6) is 0.401. The molecule has 1 atom stereocenters. The van der Waals surface area contributed by atoms with E-state index in [4.69, 9.17) is 14.5 Å². The highest BCUT2D eigenvalue weighted by atomic mass is 16.5. The number of aromatic nitrogens is 8. The van der Waals surface area contributed by atoms with Crippen LogP contribution < -0.4 is 11.2 Å². The third-order valence-corrected chi connectivity index (χ3v) is 6.96. The number of rotatable bonds is 9. The van der Waals surface area contributed by atoms with Gasteiger partial charge in [0.05, 0.1) is 7.11 Å². The Hall–Kier alpha value is -4.91. The van der Waals surface area contributed by atoms with Gasteiger partial charge in [0.1, 0.15) is 18.6 Å². The molecule has 212 valence electrons. The first kappa shape index (κ1) is 27.6. The number of nitrogens with zero attached hydrogens (tertiary/aromatic N) is 7. The molecule has 0 saturated heterocycles. The number of tetrazole rings is 1. The highest BCUT2D eigenvalue weighted by Gasteiger charge is 2.26. The summed E-state index contributed by atoms with van der Waals surface area (Å²) in [6.45, 7) is 5.38. The summed E-state index contributed by atoms with van der Waals surface area (Å²) in [5, 5.41) is 14.2. The maximum atomic E-state index is 13.7. The highest BCUT2D eigenvalue weighted by molar-refractivity contribution is 5.80. The van der Waals surface area contributed by atoms with Crippen LogP contribution in [-0.4, -0.2) is 59.5 Å². The molecule has 3 aromatic heterocycles. The molecule has 13 heteroatoms. The molecule has 13 nitrogen and oxygen atoms in total. The summed E-state index contributed by atoms with van der Waals surface area (Å²) in [6.07, 6.45) is -0.739. The van der Waals surface area contributed by atoms with Gasteiger partial charge in [0, 0.05) is 25.1 Å². The van der Waals surface area contributed by atoms with Crippen LogP contribution in [0.3, 0.4) is 0 Å². The van der Waals surface area contributed by atoms with Crippen LogP contribution in [0.5, 0.6) is 0 Å². The highest BCUT2D eigenvalue weighted by Crippen LogP contribution is 2.30. The quantitative estimate of drug-likeness (QED) is 0.269. The maximum Gasteiger partial charge on any atom is 0.335 e. The average molecular weight is 559 g/mol. The van der Waals surface area contributed by atoms with Crippen LogP contribution in [0, 0.1) is 0 Å². The normalized spacial score (nSPS) is 12.2. The van der Waals surface area contributed by atoms with Gasteiger partial charge >= 0.3 is 11.7 Å². The summed E-state index contributed by atoms with van der Waals surface area (Å²) in [5.41, 5.74) is 2.77. The number of nitrogens with one attached hydrogen (secondary N) is 1. The van der Waals surface area contributed by atoms with Crippen molar-refractivity contribution in [3.8, 4) is 22.5 Å². The average Bonchev–Trinajstić information content (AvgIpc) is 3.64. The fourth-order valence-electron chi connectivity index (χ4n) is 4.83. The van der Waals surface area contributed by atoms with Crippen molar-refractivity contribution in [2.75, 3.05) is 14.2 Å². The molecule has 2 aromatic carbocycles. The van der Waals surface area contributed by atoms with E-state index in [1.807, 2.05) is 62.4 Å². The standard InChI is InChI=1S/C28H30N8O5/c1-16(2)25-29-26-23(27(38)35(15-22(37)41-5)28(39)36(26)17(3)40-4)34(25)14-18-10-12-19(13-11-18)20-8-6-7-9-21(20)24-30-32-33-31-24/h6-13,16-17H,14-15H2,1-5H3,(H,30,31,32,33). The van der Waals surface area contributed by atoms with E-state index in [1.54, 1.807) is 11.5 Å². The molecule has 0 radical (unpaired) electrons. The zero-order valence-electron chi connectivity index (χ0n) is 23.4. The largest absolute Gasteiger partial charge is 0.468 e. The summed E-state index contributed by atoms with van der Waals surface area (Å²) >= 11 is 0. The summed E-state index contributed by atoms with van der Waals surface area (Å²) in [6, 6.07) is 15.7. The number of carbonyl (C=O) groups is 1. The van der Waals surface area contributed by atoms with Crippen LogP contribution in [0.2, 0.25) is 0 Å². The van der Waals surface area contributed by atoms with E-state index in [0.717, 1.165) is 26.8 Å². The van der Waals surface area contributed by atoms with Crippen molar-refractivity contribution in [2.45, 2.75) is 46.0 Å². The van der Waals surface area contributed by atoms with Gasteiger partial charge in [-0.05, 0) is 34.0 Å². The summed E-state index contributed by atoms with van der Waals surface area (Å²) in [7, 11) is 2.66. The van der Waals surface area contributed by atoms with Gasteiger partial charge in [0.15, 0.2) is 17.0 Å². The molecule has 0 aliphatic carbocycles. The molecule has 0 aliphatic rings. The van der Waals surface area contributed by atoms with E-state index in [0.29, 0.717) is 18.2 Å². The van der Waals surface area contributed by atoms with E-state index in [9.17, 15) is 14.4 Å². The number of carbonyl (C=O) groups excluding carboxylic acids is 1. The molecule has 0 amide bonds. The molecule has 1 unspecified atom stereocenters. The molecule has 0 saturated carbocycles. The SMILES string of the molecule is COC(=O)Cn1c(=O)c2c(nc(C(C)C)n2Cc2ccc(-c3ccccc3-c3nnn[nH]3)cc2)n(C(C)OC)c1=O. The third kappa shape index (κ3) is 5.07. The Balaban J connectivity index is 1.63. The van der Waals surface area contributed by atoms with Crippen molar-refractivity contribution in [3.63, 3.8) is 0 Å². The second-order valence-electron chi connectivity index (χ2n) is 9.83. The minimum absolute atomic E-state index is 0.0704. The summed E-state index contributed by atoms with van der Waals surface area (Å²) in [4.78, 5) is 43.9. The summed E-state index contributed by atoms with van der Waals surface area (Å²) < 4.78 is 14.1. The molecular formula is C28H30N8O5. The van der Waals surface area contributed by atoms with Crippen LogP contribution in [0.1, 0.15) is 44.3 Å². The number of ether oxygens (including phenoxy) is 2. The van der Waals surface area contributed by atoms with E-state index >= 15 is 0 Å². The van der Waals surface area contributed by atoms with E-state index in [1.165, 1.54) is 18.8 Å². The Morgan fingerprint density at radius 2 is 1.68 bits per heavy atom. The molecule has 5 aromatic rings. The van der Waals surface area contributed by atoms with Gasteiger partial charge in [0.2, 0.25) is 0 Å². The molecule has 1 N–H and O–H groups in total. The first-order valence-electron chi connectivity index (χ1n) is 13.0. The number of methoxy groups -OCH3 is 2. The lowest BCUT2D eigenvalue weighted by Gasteiger charge is -2.16. The smallest absolute Gasteiger partial charge is 0.335 e. The van der Waals surface area contributed by atoms with Gasteiger partial charge in [0.25, 0.3) is 5.56 Å². The molecule has 0 fully saturated rings.